The van der Waals surface area contributed by atoms with Gasteiger partial charge in [-0.2, -0.15) is 0 Å². The molecule has 0 fully saturated rings. The fourth-order valence-corrected chi connectivity index (χ4v) is 2.13. The van der Waals surface area contributed by atoms with E-state index < -0.39 is 0 Å². The Bertz CT molecular complexity index is 462. The zero-order valence-corrected chi connectivity index (χ0v) is 10.4. The summed E-state index contributed by atoms with van der Waals surface area (Å²) in [5.74, 6) is 6.29. The van der Waals surface area contributed by atoms with Crippen LogP contribution in [0, 0.1) is 0 Å². The minimum absolute atomic E-state index is 0.213. The maximum Gasteiger partial charge on any atom is 0.251 e. The average Bonchev–Trinajstić information content (AvgIpc) is 2.44. The lowest BCUT2D eigenvalue weighted by Gasteiger charge is -2.25. The van der Waals surface area contributed by atoms with Gasteiger partial charge in [0.1, 0.15) is 0 Å². The molecule has 1 aromatic carbocycles. The average molecular weight is 251 g/mol. The van der Waals surface area contributed by atoms with Crippen molar-refractivity contribution in [2.24, 2.45) is 5.84 Å². The number of hydrazine groups is 1. The van der Waals surface area contributed by atoms with Crippen LogP contribution in [0.15, 0.2) is 12.1 Å². The topological polar surface area (TPSA) is 85.6 Å². The largest absolute Gasteiger partial charge is 0.493 e. The zero-order valence-electron chi connectivity index (χ0n) is 10.4. The molecule has 0 spiro atoms. The van der Waals surface area contributed by atoms with Crippen molar-refractivity contribution in [1.82, 2.24) is 10.7 Å². The standard InChI is InChI=1S/C12H17N3O3/c1-17-10-4-7-3-9(12(16)15-13)14-6-8(7)5-11(10)18-2/h4-5,9,14H,3,6,13H2,1-2H3,(H,15,16)/t9-/m1/s1. The number of hydrogen-bond donors (Lipinski definition) is 3. The van der Waals surface area contributed by atoms with Crippen molar-refractivity contribution in [2.75, 3.05) is 14.2 Å². The second-order valence-corrected chi connectivity index (χ2v) is 4.12. The maximum atomic E-state index is 11.5. The van der Waals surface area contributed by atoms with Crippen molar-refractivity contribution in [1.29, 1.82) is 0 Å². The highest BCUT2D eigenvalue weighted by atomic mass is 16.5. The molecule has 1 aliphatic heterocycles. The van der Waals surface area contributed by atoms with Crippen LogP contribution in [0.5, 0.6) is 11.5 Å². The van der Waals surface area contributed by atoms with E-state index in [0.29, 0.717) is 24.5 Å². The van der Waals surface area contributed by atoms with E-state index in [1.54, 1.807) is 14.2 Å². The molecule has 4 N–H and O–H groups in total. The van der Waals surface area contributed by atoms with Gasteiger partial charge >= 0.3 is 0 Å². The third-order valence-corrected chi connectivity index (χ3v) is 3.13. The summed E-state index contributed by atoms with van der Waals surface area (Å²) in [6.07, 6.45) is 0.582. The first-order valence-electron chi connectivity index (χ1n) is 5.67. The van der Waals surface area contributed by atoms with Gasteiger partial charge in [-0.05, 0) is 29.7 Å². The summed E-state index contributed by atoms with van der Waals surface area (Å²) >= 11 is 0. The number of benzene rings is 1. The van der Waals surface area contributed by atoms with E-state index in [1.165, 1.54) is 0 Å². The van der Waals surface area contributed by atoms with Crippen molar-refractivity contribution in [2.45, 2.75) is 19.0 Å². The predicted molar refractivity (Wildman–Crippen MR) is 66.2 cm³/mol. The minimum atomic E-state index is -0.305. The first-order valence-corrected chi connectivity index (χ1v) is 5.67. The summed E-state index contributed by atoms with van der Waals surface area (Å²) in [4.78, 5) is 11.5. The van der Waals surface area contributed by atoms with Crippen LogP contribution in [0.3, 0.4) is 0 Å². The Morgan fingerprint density at radius 1 is 1.33 bits per heavy atom. The summed E-state index contributed by atoms with van der Waals surface area (Å²) in [6.45, 7) is 0.605. The molecule has 0 aliphatic carbocycles. The molecule has 6 nitrogen and oxygen atoms in total. The summed E-state index contributed by atoms with van der Waals surface area (Å²) < 4.78 is 10.5. The van der Waals surface area contributed by atoms with Gasteiger partial charge in [0.2, 0.25) is 0 Å². The number of methoxy groups -OCH3 is 2. The third kappa shape index (κ3) is 2.25. The molecule has 0 radical (unpaired) electrons. The highest BCUT2D eigenvalue weighted by Gasteiger charge is 2.25. The van der Waals surface area contributed by atoms with Gasteiger partial charge in [0.05, 0.1) is 20.3 Å². The van der Waals surface area contributed by atoms with Crippen LogP contribution in [0.2, 0.25) is 0 Å². The van der Waals surface area contributed by atoms with Gasteiger partial charge in [-0.25, -0.2) is 5.84 Å². The molecule has 0 saturated heterocycles. The van der Waals surface area contributed by atoms with Crippen molar-refractivity contribution < 1.29 is 14.3 Å². The van der Waals surface area contributed by atoms with E-state index in [0.717, 1.165) is 11.1 Å². The van der Waals surface area contributed by atoms with E-state index in [1.807, 2.05) is 12.1 Å². The predicted octanol–water partition coefficient (Wildman–Crippen LogP) is -0.292. The van der Waals surface area contributed by atoms with Crippen LogP contribution in [0.1, 0.15) is 11.1 Å². The molecule has 6 heteroatoms. The summed E-state index contributed by atoms with van der Waals surface area (Å²) in [7, 11) is 3.20. The molecular weight excluding hydrogens is 234 g/mol. The molecule has 1 amide bonds. The second-order valence-electron chi connectivity index (χ2n) is 4.12. The van der Waals surface area contributed by atoms with Crippen molar-refractivity contribution in [3.63, 3.8) is 0 Å². The first kappa shape index (κ1) is 12.7. The minimum Gasteiger partial charge on any atom is -0.493 e. The molecule has 1 aliphatic rings. The van der Waals surface area contributed by atoms with Crippen LogP contribution in [-0.4, -0.2) is 26.2 Å². The molecule has 2 rings (SSSR count). The molecule has 1 heterocycles. The quantitative estimate of drug-likeness (QED) is 0.390. The van der Waals surface area contributed by atoms with Gasteiger partial charge in [0.15, 0.2) is 11.5 Å². The normalized spacial score (nSPS) is 17.8. The van der Waals surface area contributed by atoms with Crippen LogP contribution in [-0.2, 0) is 17.8 Å². The zero-order chi connectivity index (χ0) is 13.1. The Kier molecular flexibility index (Phi) is 3.69. The number of fused-ring (bicyclic) bond motifs is 1. The van der Waals surface area contributed by atoms with Gasteiger partial charge in [-0.3, -0.25) is 10.2 Å². The maximum absolute atomic E-state index is 11.5. The van der Waals surface area contributed by atoms with E-state index in [9.17, 15) is 4.79 Å². The highest BCUT2D eigenvalue weighted by Crippen LogP contribution is 2.32. The van der Waals surface area contributed by atoms with E-state index in [2.05, 4.69) is 10.7 Å². The van der Waals surface area contributed by atoms with Gasteiger partial charge in [0, 0.05) is 6.54 Å². The van der Waals surface area contributed by atoms with Crippen LogP contribution < -0.4 is 26.1 Å². The smallest absolute Gasteiger partial charge is 0.251 e. The lowest BCUT2D eigenvalue weighted by Crippen LogP contribution is -2.49. The summed E-state index contributed by atoms with van der Waals surface area (Å²) in [6, 6.07) is 3.53. The number of hydrogen-bond acceptors (Lipinski definition) is 5. The first-order chi connectivity index (χ1) is 8.69. The lowest BCUT2D eigenvalue weighted by molar-refractivity contribution is -0.123. The van der Waals surface area contributed by atoms with Crippen molar-refractivity contribution in [3.05, 3.63) is 23.3 Å². The molecule has 1 aromatic rings. The summed E-state index contributed by atoms with van der Waals surface area (Å²) in [5, 5.41) is 3.13. The molecule has 0 bridgehead atoms. The van der Waals surface area contributed by atoms with E-state index in [4.69, 9.17) is 15.3 Å². The molecule has 0 saturated carbocycles. The van der Waals surface area contributed by atoms with Crippen LogP contribution in [0.4, 0.5) is 0 Å². The Morgan fingerprint density at radius 2 is 1.94 bits per heavy atom. The molecular formula is C12H17N3O3. The van der Waals surface area contributed by atoms with E-state index >= 15 is 0 Å². The number of carbonyl (C=O) groups is 1. The van der Waals surface area contributed by atoms with Gasteiger partial charge in [-0.1, -0.05) is 0 Å². The number of nitrogens with two attached hydrogens (primary N) is 1. The number of nitrogens with one attached hydrogen (secondary N) is 2. The highest BCUT2D eigenvalue weighted by molar-refractivity contribution is 5.81. The van der Waals surface area contributed by atoms with E-state index in [-0.39, 0.29) is 11.9 Å². The number of carbonyl (C=O) groups excluding carboxylic acids is 1. The number of rotatable bonds is 3. The molecule has 0 aromatic heterocycles. The lowest BCUT2D eigenvalue weighted by atomic mass is 9.95. The Labute approximate surface area is 105 Å². The monoisotopic (exact) mass is 251 g/mol. The number of ether oxygens (including phenoxy) is 2. The second kappa shape index (κ2) is 5.24. The fraction of sp³-hybridized carbons (Fsp3) is 0.417. The molecule has 1 atom stereocenters. The van der Waals surface area contributed by atoms with Gasteiger partial charge in [0.25, 0.3) is 5.91 Å². The Hall–Kier alpha value is -1.79. The van der Waals surface area contributed by atoms with Gasteiger partial charge in [-0.15, -0.1) is 0 Å². The Morgan fingerprint density at radius 3 is 2.50 bits per heavy atom. The molecule has 98 valence electrons. The third-order valence-electron chi connectivity index (χ3n) is 3.13. The van der Waals surface area contributed by atoms with Crippen molar-refractivity contribution >= 4 is 5.91 Å². The summed E-state index contributed by atoms with van der Waals surface area (Å²) in [5.41, 5.74) is 4.33. The van der Waals surface area contributed by atoms with Crippen LogP contribution in [0.25, 0.3) is 0 Å². The van der Waals surface area contributed by atoms with Crippen molar-refractivity contribution in [3.8, 4) is 11.5 Å². The Balaban J connectivity index is 2.29. The molecule has 0 unspecified atom stereocenters. The number of amides is 1. The molecule has 18 heavy (non-hydrogen) atoms. The van der Waals surface area contributed by atoms with Crippen LogP contribution >= 0.6 is 0 Å². The SMILES string of the molecule is COc1cc2c(cc1OC)C[C@H](C(=O)NN)NC2. The fourth-order valence-electron chi connectivity index (χ4n) is 2.13. The van der Waals surface area contributed by atoms with Gasteiger partial charge < -0.3 is 14.8 Å².